The van der Waals surface area contributed by atoms with Gasteiger partial charge in [-0.1, -0.05) is 0 Å². The fourth-order valence-corrected chi connectivity index (χ4v) is 4.63. The molecule has 2 aliphatic carbocycles. The molecule has 4 rings (SSSR count). The molecule has 0 aromatic heterocycles. The van der Waals surface area contributed by atoms with E-state index in [9.17, 15) is 23.5 Å². The molecular weight excluding hydrogens is 284 g/mol. The third kappa shape index (κ3) is 1.76. The van der Waals surface area contributed by atoms with Crippen molar-refractivity contribution in [2.45, 2.75) is 49.8 Å². The van der Waals surface area contributed by atoms with Crippen molar-refractivity contribution >= 4 is 11.9 Å². The molecule has 1 N–H and O–H groups in total. The number of ether oxygens (including phenoxy) is 1. The molecule has 0 aromatic rings. The van der Waals surface area contributed by atoms with Crippen LogP contribution in [-0.2, 0) is 14.3 Å². The van der Waals surface area contributed by atoms with Crippen molar-refractivity contribution in [2.24, 2.45) is 17.8 Å². The molecule has 0 aromatic carbocycles. The van der Waals surface area contributed by atoms with E-state index in [0.29, 0.717) is 19.4 Å². The molecule has 21 heavy (non-hydrogen) atoms. The normalized spacial score (nSPS) is 46.3. The smallest absolute Gasteiger partial charge is 0.326 e. The highest BCUT2D eigenvalue weighted by Crippen LogP contribution is 2.65. The van der Waals surface area contributed by atoms with Gasteiger partial charge in [-0.3, -0.25) is 4.79 Å². The maximum absolute atomic E-state index is 13.7. The lowest BCUT2D eigenvalue weighted by atomic mass is 10.1. The van der Waals surface area contributed by atoms with Gasteiger partial charge in [-0.2, -0.15) is 0 Å². The Kier molecular flexibility index (Phi) is 2.65. The predicted molar refractivity (Wildman–Crippen MR) is 65.7 cm³/mol. The summed E-state index contributed by atoms with van der Waals surface area (Å²) in [5.74, 6) is -6.05. The van der Waals surface area contributed by atoms with Crippen LogP contribution < -0.4 is 0 Å². The average Bonchev–Trinajstić information content (AvgIpc) is 2.67. The summed E-state index contributed by atoms with van der Waals surface area (Å²) in [6, 6.07) is -1.18. The van der Waals surface area contributed by atoms with Crippen molar-refractivity contribution in [3.63, 3.8) is 0 Å². The van der Waals surface area contributed by atoms with Gasteiger partial charge in [0, 0.05) is 25.4 Å². The van der Waals surface area contributed by atoms with E-state index in [-0.39, 0.29) is 30.9 Å². The van der Waals surface area contributed by atoms with Gasteiger partial charge >= 0.3 is 5.97 Å². The second-order valence-corrected chi connectivity index (χ2v) is 6.62. The third-order valence-electron chi connectivity index (χ3n) is 5.62. The molecule has 4 fully saturated rings. The number of nitrogens with zero attached hydrogens (tertiary/aromatic N) is 1. The van der Waals surface area contributed by atoms with Gasteiger partial charge in [0.2, 0.25) is 5.91 Å². The second kappa shape index (κ2) is 4.15. The van der Waals surface area contributed by atoms with E-state index >= 15 is 0 Å². The van der Waals surface area contributed by atoms with E-state index in [2.05, 4.69) is 0 Å². The number of amides is 1. The van der Waals surface area contributed by atoms with Crippen LogP contribution in [0.25, 0.3) is 0 Å². The van der Waals surface area contributed by atoms with Crippen molar-refractivity contribution in [2.75, 3.05) is 6.61 Å². The van der Waals surface area contributed by atoms with Crippen LogP contribution in [0.5, 0.6) is 0 Å². The average molecular weight is 301 g/mol. The summed E-state index contributed by atoms with van der Waals surface area (Å²) >= 11 is 0. The number of aliphatic carboxylic acids is 1. The number of hydrogen-bond donors (Lipinski definition) is 1. The molecule has 116 valence electrons. The minimum Gasteiger partial charge on any atom is -0.480 e. The highest BCUT2D eigenvalue weighted by Gasteiger charge is 2.71. The Labute approximate surface area is 120 Å². The first-order valence-corrected chi connectivity index (χ1v) is 7.46. The Morgan fingerprint density at radius 2 is 2.05 bits per heavy atom. The van der Waals surface area contributed by atoms with E-state index in [4.69, 9.17) is 4.74 Å². The number of carbonyl (C=O) groups excluding carboxylic acids is 1. The number of rotatable bonds is 2. The first kappa shape index (κ1) is 13.4. The Bertz CT molecular complexity index is 511. The molecule has 0 unspecified atom stereocenters. The maximum Gasteiger partial charge on any atom is 0.326 e. The molecule has 2 saturated heterocycles. The molecule has 2 saturated carbocycles. The maximum atomic E-state index is 13.7. The van der Waals surface area contributed by atoms with Crippen LogP contribution in [0.1, 0.15) is 25.7 Å². The predicted octanol–water partition coefficient (Wildman–Crippen LogP) is 1.12. The topological polar surface area (TPSA) is 66.8 Å². The first-order valence-electron chi connectivity index (χ1n) is 7.46. The number of likely N-dealkylation sites (tertiary alicyclic amines) is 1. The lowest BCUT2D eigenvalue weighted by molar-refractivity contribution is -0.151. The van der Waals surface area contributed by atoms with Crippen LogP contribution in [0.4, 0.5) is 8.78 Å². The van der Waals surface area contributed by atoms with E-state index in [1.165, 1.54) is 4.90 Å². The quantitative estimate of drug-likeness (QED) is 0.830. The summed E-state index contributed by atoms with van der Waals surface area (Å²) in [5, 5.41) is 9.30. The van der Waals surface area contributed by atoms with Crippen molar-refractivity contribution in [3.05, 3.63) is 0 Å². The van der Waals surface area contributed by atoms with Gasteiger partial charge in [-0.05, 0) is 18.8 Å². The molecule has 7 heteroatoms. The zero-order valence-corrected chi connectivity index (χ0v) is 11.4. The minimum atomic E-state index is -2.77. The van der Waals surface area contributed by atoms with Gasteiger partial charge in [0.15, 0.2) is 0 Å². The summed E-state index contributed by atoms with van der Waals surface area (Å²) in [7, 11) is 0. The molecule has 0 bridgehead atoms. The lowest BCUT2D eigenvalue weighted by Crippen LogP contribution is -2.47. The van der Waals surface area contributed by atoms with E-state index < -0.39 is 35.7 Å². The van der Waals surface area contributed by atoms with Gasteiger partial charge in [-0.25, -0.2) is 13.6 Å². The zero-order chi connectivity index (χ0) is 14.9. The molecule has 0 radical (unpaired) electrons. The molecule has 1 amide bonds. The summed E-state index contributed by atoms with van der Waals surface area (Å²) in [6.45, 7) is 0.499. The van der Waals surface area contributed by atoms with Crippen LogP contribution in [0.15, 0.2) is 0 Å². The van der Waals surface area contributed by atoms with Crippen molar-refractivity contribution < 1.29 is 28.2 Å². The molecule has 0 spiro atoms. The Hall–Kier alpha value is -1.24. The Morgan fingerprint density at radius 3 is 2.67 bits per heavy atom. The number of carbonyl (C=O) groups is 2. The summed E-state index contributed by atoms with van der Waals surface area (Å²) in [5.41, 5.74) is 0. The molecule has 5 nitrogen and oxygen atoms in total. The van der Waals surface area contributed by atoms with Gasteiger partial charge in [0.05, 0.1) is 18.1 Å². The van der Waals surface area contributed by atoms with Crippen molar-refractivity contribution in [3.8, 4) is 0 Å². The number of carboxylic acid groups (broad SMARTS) is 1. The summed E-state index contributed by atoms with van der Waals surface area (Å²) < 4.78 is 32.8. The van der Waals surface area contributed by atoms with Crippen LogP contribution in [-0.4, -0.2) is 52.6 Å². The van der Waals surface area contributed by atoms with Crippen LogP contribution in [0.2, 0.25) is 0 Å². The molecule has 2 aliphatic heterocycles. The number of hydrogen-bond acceptors (Lipinski definition) is 3. The van der Waals surface area contributed by atoms with E-state index in [0.717, 1.165) is 0 Å². The van der Waals surface area contributed by atoms with Gasteiger partial charge < -0.3 is 14.7 Å². The largest absolute Gasteiger partial charge is 0.480 e. The lowest BCUT2D eigenvalue weighted by Gasteiger charge is -2.28. The highest BCUT2D eigenvalue weighted by atomic mass is 19.3. The van der Waals surface area contributed by atoms with E-state index in [1.807, 2.05) is 0 Å². The number of alkyl halides is 2. The fraction of sp³-hybridized carbons (Fsp3) is 0.857. The SMILES string of the molecule is O=C(O)[C@@H]1C[C@@H]2OCC[C@@H]2N1C(=O)[C@@H]1[C@@H]2CCC(F)(F)[C@@H]21. The van der Waals surface area contributed by atoms with Crippen LogP contribution in [0, 0.1) is 17.8 Å². The minimum absolute atomic E-state index is 0.149. The van der Waals surface area contributed by atoms with Crippen LogP contribution in [0.3, 0.4) is 0 Å². The Balaban J connectivity index is 1.57. The molecule has 6 atom stereocenters. The van der Waals surface area contributed by atoms with E-state index in [1.54, 1.807) is 0 Å². The summed E-state index contributed by atoms with van der Waals surface area (Å²) in [4.78, 5) is 25.4. The molecule has 4 aliphatic rings. The monoisotopic (exact) mass is 301 g/mol. The fourth-order valence-electron chi connectivity index (χ4n) is 4.63. The highest BCUT2D eigenvalue weighted by molar-refractivity contribution is 5.88. The zero-order valence-electron chi connectivity index (χ0n) is 11.4. The summed E-state index contributed by atoms with van der Waals surface area (Å²) in [6.07, 6.45) is 0.825. The molecular formula is C14H17F2NO4. The van der Waals surface area contributed by atoms with Crippen molar-refractivity contribution in [1.29, 1.82) is 0 Å². The van der Waals surface area contributed by atoms with Crippen molar-refractivity contribution in [1.82, 2.24) is 4.90 Å². The molecule has 2 heterocycles. The van der Waals surface area contributed by atoms with Gasteiger partial charge in [0.25, 0.3) is 5.92 Å². The number of fused-ring (bicyclic) bond motifs is 2. The number of carboxylic acids is 1. The third-order valence-corrected chi connectivity index (χ3v) is 5.62. The van der Waals surface area contributed by atoms with Gasteiger partial charge in [-0.15, -0.1) is 0 Å². The van der Waals surface area contributed by atoms with Crippen LogP contribution >= 0.6 is 0 Å². The first-order chi connectivity index (χ1) is 9.92. The Morgan fingerprint density at radius 1 is 1.29 bits per heavy atom. The standard InChI is InChI=1S/C14H17F2NO4/c15-14(16)3-1-6-10(11(6)14)12(18)17-7-2-4-21-9(7)5-8(17)13(19)20/h6-11H,1-5H2,(H,19,20)/t6-,7-,8-,9-,10+,11-/m0/s1. The number of halogens is 2. The van der Waals surface area contributed by atoms with Gasteiger partial charge in [0.1, 0.15) is 6.04 Å². The second-order valence-electron chi connectivity index (χ2n) is 6.62.